The van der Waals surface area contributed by atoms with E-state index >= 15 is 0 Å². The van der Waals surface area contributed by atoms with E-state index in [0.717, 1.165) is 0 Å². The van der Waals surface area contributed by atoms with Crippen LogP contribution in [0.1, 0.15) is 13.3 Å². The van der Waals surface area contributed by atoms with Gasteiger partial charge in [0, 0.05) is 39.4 Å². The number of carbonyl (C=O) groups is 1. The Morgan fingerprint density at radius 2 is 2.00 bits per heavy atom. The molecular weight excluding hydrogens is 382 g/mol. The minimum atomic E-state index is -3.66. The number of imidazole rings is 1. The van der Waals surface area contributed by atoms with Crippen LogP contribution in [0.2, 0.25) is 0 Å². The summed E-state index contributed by atoms with van der Waals surface area (Å²) in [5.41, 5.74) is 0.594. The lowest BCUT2D eigenvalue weighted by atomic mass is 10.3. The Balaban J connectivity index is 1.66. The highest BCUT2D eigenvalue weighted by molar-refractivity contribution is 7.89. The molecule has 1 fully saturated rings. The molecule has 0 radical (unpaired) electrons. The van der Waals surface area contributed by atoms with Crippen LogP contribution in [0.4, 0.5) is 10.5 Å². The highest BCUT2D eigenvalue weighted by Crippen LogP contribution is 2.24. The van der Waals surface area contributed by atoms with Crippen LogP contribution in [-0.2, 0) is 17.1 Å². The fraction of sp³-hybridized carbons (Fsp3) is 0.444. The first-order valence-electron chi connectivity index (χ1n) is 9.17. The molecule has 0 aliphatic carbocycles. The van der Waals surface area contributed by atoms with Gasteiger partial charge in [0.15, 0.2) is 5.03 Å². The first-order chi connectivity index (χ1) is 13.4. The lowest BCUT2D eigenvalue weighted by Crippen LogP contribution is -2.39. The maximum atomic E-state index is 12.8. The second kappa shape index (κ2) is 8.61. The van der Waals surface area contributed by atoms with E-state index in [9.17, 15) is 13.2 Å². The third kappa shape index (κ3) is 4.45. The van der Waals surface area contributed by atoms with E-state index in [-0.39, 0.29) is 17.6 Å². The highest BCUT2D eigenvalue weighted by Gasteiger charge is 2.30. The van der Waals surface area contributed by atoms with Gasteiger partial charge in [-0.2, -0.15) is 4.31 Å². The molecule has 1 N–H and O–H groups in total. The number of nitrogens with one attached hydrogen (secondary N) is 1. The molecule has 0 bridgehead atoms. The van der Waals surface area contributed by atoms with Gasteiger partial charge in [0.1, 0.15) is 5.75 Å². The average molecular weight is 407 g/mol. The Morgan fingerprint density at radius 1 is 1.21 bits per heavy atom. The lowest BCUT2D eigenvalue weighted by molar-refractivity contribution is 0.214. The van der Waals surface area contributed by atoms with Crippen molar-refractivity contribution >= 4 is 21.7 Å². The number of hydrogen-bond acceptors (Lipinski definition) is 5. The van der Waals surface area contributed by atoms with Crippen molar-refractivity contribution in [1.82, 2.24) is 18.8 Å². The number of nitrogens with zero attached hydrogens (tertiary/aromatic N) is 4. The third-order valence-electron chi connectivity index (χ3n) is 4.46. The number of amides is 2. The molecule has 2 amide bonds. The largest absolute Gasteiger partial charge is 0.492 e. The summed E-state index contributed by atoms with van der Waals surface area (Å²) < 4.78 is 34.0. The molecule has 2 heterocycles. The number of rotatable bonds is 5. The van der Waals surface area contributed by atoms with Gasteiger partial charge >= 0.3 is 6.03 Å². The van der Waals surface area contributed by atoms with Gasteiger partial charge in [0.05, 0.1) is 18.6 Å². The minimum absolute atomic E-state index is 0.0264. The molecule has 3 rings (SSSR count). The molecule has 2 aromatic rings. The predicted molar refractivity (Wildman–Crippen MR) is 105 cm³/mol. The van der Waals surface area contributed by atoms with Crippen molar-refractivity contribution in [3.63, 3.8) is 0 Å². The van der Waals surface area contributed by atoms with E-state index in [0.29, 0.717) is 44.1 Å². The number of anilines is 1. The molecule has 152 valence electrons. The zero-order valence-corrected chi connectivity index (χ0v) is 16.9. The van der Waals surface area contributed by atoms with Crippen molar-refractivity contribution in [2.45, 2.75) is 18.4 Å². The van der Waals surface area contributed by atoms with Crippen LogP contribution in [0, 0.1) is 0 Å². The molecule has 0 spiro atoms. The zero-order valence-electron chi connectivity index (χ0n) is 16.0. The number of ether oxygens (including phenoxy) is 1. The Hall–Kier alpha value is -2.59. The van der Waals surface area contributed by atoms with Crippen LogP contribution in [0.3, 0.4) is 0 Å². The molecule has 1 saturated heterocycles. The summed E-state index contributed by atoms with van der Waals surface area (Å²) >= 11 is 0. The number of urea groups is 1. The number of sulfonamides is 1. The smallest absolute Gasteiger partial charge is 0.321 e. The van der Waals surface area contributed by atoms with Crippen molar-refractivity contribution in [2.75, 3.05) is 38.1 Å². The van der Waals surface area contributed by atoms with Gasteiger partial charge in [-0.05, 0) is 25.5 Å². The van der Waals surface area contributed by atoms with Crippen molar-refractivity contribution < 1.29 is 17.9 Å². The van der Waals surface area contributed by atoms with E-state index in [1.54, 1.807) is 28.6 Å². The first-order valence-corrected chi connectivity index (χ1v) is 10.6. The normalized spacial score (nSPS) is 15.9. The van der Waals surface area contributed by atoms with Crippen LogP contribution in [0.25, 0.3) is 0 Å². The van der Waals surface area contributed by atoms with Crippen molar-refractivity contribution in [1.29, 1.82) is 0 Å². The van der Waals surface area contributed by atoms with Gasteiger partial charge in [-0.3, -0.25) is 0 Å². The maximum Gasteiger partial charge on any atom is 0.321 e. The van der Waals surface area contributed by atoms with E-state index in [2.05, 4.69) is 10.3 Å². The van der Waals surface area contributed by atoms with Crippen LogP contribution >= 0.6 is 0 Å². The van der Waals surface area contributed by atoms with Gasteiger partial charge in [-0.25, -0.2) is 18.2 Å². The molecule has 0 unspecified atom stereocenters. The summed E-state index contributed by atoms with van der Waals surface area (Å²) in [6.45, 7) is 3.71. The van der Waals surface area contributed by atoms with E-state index in [1.165, 1.54) is 16.8 Å². The number of aryl methyl sites for hydroxylation is 1. The summed E-state index contributed by atoms with van der Waals surface area (Å²) in [5, 5.41) is 2.89. The van der Waals surface area contributed by atoms with Crippen molar-refractivity contribution in [3.05, 3.63) is 36.8 Å². The summed E-state index contributed by atoms with van der Waals surface area (Å²) in [6, 6.07) is 6.96. The molecule has 0 saturated carbocycles. The molecule has 1 aromatic heterocycles. The quantitative estimate of drug-likeness (QED) is 0.814. The van der Waals surface area contributed by atoms with E-state index in [4.69, 9.17) is 4.74 Å². The topological polar surface area (TPSA) is 96.8 Å². The monoisotopic (exact) mass is 407 g/mol. The van der Waals surface area contributed by atoms with Gasteiger partial charge in [0.2, 0.25) is 0 Å². The predicted octanol–water partition coefficient (Wildman–Crippen LogP) is 1.75. The molecule has 10 heteroatoms. The van der Waals surface area contributed by atoms with Crippen LogP contribution in [0.15, 0.2) is 41.8 Å². The van der Waals surface area contributed by atoms with Gasteiger partial charge in [0.25, 0.3) is 10.0 Å². The molecule has 0 atom stereocenters. The van der Waals surface area contributed by atoms with Crippen molar-refractivity contribution in [3.8, 4) is 5.75 Å². The molecule has 1 aliphatic rings. The van der Waals surface area contributed by atoms with Crippen LogP contribution in [0.5, 0.6) is 5.75 Å². The SMILES string of the molecule is CCOc1ccccc1NC(=O)N1CCCN(S(=O)(=O)c2cn(C)cn2)CC1. The van der Waals surface area contributed by atoms with E-state index in [1.807, 2.05) is 19.1 Å². The first kappa shape index (κ1) is 20.2. The number of carbonyl (C=O) groups excluding carboxylic acids is 1. The fourth-order valence-electron chi connectivity index (χ4n) is 3.04. The summed E-state index contributed by atoms with van der Waals surface area (Å²) in [6.07, 6.45) is 3.49. The van der Waals surface area contributed by atoms with Crippen molar-refractivity contribution in [2.24, 2.45) is 7.05 Å². The lowest BCUT2D eigenvalue weighted by Gasteiger charge is -2.22. The van der Waals surface area contributed by atoms with E-state index < -0.39 is 10.0 Å². The second-order valence-electron chi connectivity index (χ2n) is 6.48. The summed E-state index contributed by atoms with van der Waals surface area (Å²) in [7, 11) is -1.94. The zero-order chi connectivity index (χ0) is 20.1. The van der Waals surface area contributed by atoms with Gasteiger partial charge in [-0.15, -0.1) is 0 Å². The molecule has 1 aromatic carbocycles. The Kier molecular flexibility index (Phi) is 6.20. The number of para-hydroxylation sites is 2. The van der Waals surface area contributed by atoms with Crippen LogP contribution in [-0.4, -0.2) is 66.0 Å². The van der Waals surface area contributed by atoms with Gasteiger partial charge < -0.3 is 19.5 Å². The molecule has 28 heavy (non-hydrogen) atoms. The number of aromatic nitrogens is 2. The summed E-state index contributed by atoms with van der Waals surface area (Å²) in [5.74, 6) is 0.604. The molecule has 1 aliphatic heterocycles. The Labute approximate surface area is 165 Å². The van der Waals surface area contributed by atoms with Crippen LogP contribution < -0.4 is 10.1 Å². The second-order valence-corrected chi connectivity index (χ2v) is 8.37. The Bertz CT molecular complexity index is 928. The fourth-order valence-corrected chi connectivity index (χ4v) is 4.47. The standard InChI is InChI=1S/C18H25N5O4S/c1-3-27-16-8-5-4-7-15(16)20-18(24)22-9-6-10-23(12-11-22)28(25,26)17-13-21(2)14-19-17/h4-5,7-8,13-14H,3,6,9-12H2,1-2H3,(H,20,24). The molecular formula is C18H25N5O4S. The average Bonchev–Trinajstić information content (AvgIpc) is 2.96. The number of hydrogen-bond donors (Lipinski definition) is 1. The van der Waals surface area contributed by atoms with Gasteiger partial charge in [-0.1, -0.05) is 12.1 Å². The minimum Gasteiger partial charge on any atom is -0.492 e. The maximum absolute atomic E-state index is 12.8. The number of benzene rings is 1. The Morgan fingerprint density at radius 3 is 2.71 bits per heavy atom. The summed E-state index contributed by atoms with van der Waals surface area (Å²) in [4.78, 5) is 18.3. The third-order valence-corrected chi connectivity index (χ3v) is 6.24. The molecule has 9 nitrogen and oxygen atoms in total. The highest BCUT2D eigenvalue weighted by atomic mass is 32.2.